The molecule has 0 aliphatic heterocycles. The molecule has 0 radical (unpaired) electrons. The predicted molar refractivity (Wildman–Crippen MR) is 27.3 cm³/mol. The standard InChI is InChI=1S/C3H4Cl2O2.Pd/c1-2(6)7-3(4)5;/h3H,1H3;. The molecule has 0 spiro atoms. The van der Waals surface area contributed by atoms with Crippen LogP contribution in [0, 0.1) is 0 Å². The first-order valence-electron chi connectivity index (χ1n) is 1.58. The average Bonchev–Trinajstić information content (AvgIpc) is 1.27. The van der Waals surface area contributed by atoms with Crippen molar-refractivity contribution in [2.24, 2.45) is 0 Å². The van der Waals surface area contributed by atoms with Gasteiger partial charge in [0.2, 0.25) is 0 Å². The Bertz CT molecular complexity index is 75.7. The zero-order valence-electron chi connectivity index (χ0n) is 3.97. The van der Waals surface area contributed by atoms with Crippen LogP contribution in [0.25, 0.3) is 0 Å². The van der Waals surface area contributed by atoms with Gasteiger partial charge in [-0.25, -0.2) is 0 Å². The van der Waals surface area contributed by atoms with Crippen LogP contribution in [0.1, 0.15) is 6.92 Å². The molecule has 0 fully saturated rings. The van der Waals surface area contributed by atoms with E-state index in [9.17, 15) is 4.79 Å². The molecule has 0 saturated heterocycles. The average molecular weight is 249 g/mol. The second kappa shape index (κ2) is 5.84. The number of carbonyl (C=O) groups excluding carboxylic acids is 1. The fraction of sp³-hybridized carbons (Fsp3) is 0.667. The van der Waals surface area contributed by atoms with Crippen molar-refractivity contribution in [1.29, 1.82) is 0 Å². The molecule has 0 amide bonds. The topological polar surface area (TPSA) is 26.3 Å². The molecule has 0 unspecified atom stereocenters. The van der Waals surface area contributed by atoms with Crippen LogP contribution in [0.5, 0.6) is 0 Å². The summed E-state index contributed by atoms with van der Waals surface area (Å²) in [6.45, 7) is 1.23. The molecule has 0 bridgehead atoms. The van der Waals surface area contributed by atoms with Crippen molar-refractivity contribution in [3.05, 3.63) is 0 Å². The van der Waals surface area contributed by atoms with Gasteiger partial charge in [0, 0.05) is 27.3 Å². The fourth-order valence-corrected chi connectivity index (χ4v) is 0.376. The van der Waals surface area contributed by atoms with Crippen molar-refractivity contribution in [1.82, 2.24) is 0 Å². The van der Waals surface area contributed by atoms with Gasteiger partial charge in [-0.15, -0.1) is 0 Å². The predicted octanol–water partition coefficient (Wildman–Crippen LogP) is 1.31. The third kappa shape index (κ3) is 9.86. The van der Waals surface area contributed by atoms with Crippen molar-refractivity contribution in [3.8, 4) is 0 Å². The molecule has 0 rings (SSSR count). The van der Waals surface area contributed by atoms with Crippen LogP contribution in [-0.4, -0.2) is 11.0 Å². The zero-order valence-corrected chi connectivity index (χ0v) is 7.03. The Morgan fingerprint density at radius 1 is 1.62 bits per heavy atom. The van der Waals surface area contributed by atoms with Crippen molar-refractivity contribution >= 4 is 29.2 Å². The van der Waals surface area contributed by atoms with Crippen LogP contribution in [0.2, 0.25) is 0 Å². The Morgan fingerprint density at radius 3 is 2.00 bits per heavy atom. The summed E-state index contributed by atoms with van der Waals surface area (Å²) < 4.78 is 4.14. The van der Waals surface area contributed by atoms with E-state index in [1.807, 2.05) is 0 Å². The second-order valence-electron chi connectivity index (χ2n) is 0.870. The zero-order chi connectivity index (χ0) is 5.86. The van der Waals surface area contributed by atoms with Gasteiger partial charge < -0.3 is 4.74 Å². The first-order chi connectivity index (χ1) is 3.13. The molecule has 0 saturated carbocycles. The number of hydrogen-bond acceptors (Lipinski definition) is 2. The molecular weight excluding hydrogens is 245 g/mol. The first kappa shape index (κ1) is 11.5. The monoisotopic (exact) mass is 248 g/mol. The van der Waals surface area contributed by atoms with Crippen molar-refractivity contribution in [3.63, 3.8) is 0 Å². The number of esters is 1. The minimum atomic E-state index is -1.03. The van der Waals surface area contributed by atoms with Gasteiger partial charge in [0.15, 0.2) is 0 Å². The Hall–Kier alpha value is 0.712. The van der Waals surface area contributed by atoms with Crippen molar-refractivity contribution in [2.45, 2.75) is 11.9 Å². The van der Waals surface area contributed by atoms with Gasteiger partial charge >= 0.3 is 5.97 Å². The molecule has 0 aromatic rings. The van der Waals surface area contributed by atoms with E-state index in [4.69, 9.17) is 23.2 Å². The summed E-state index contributed by atoms with van der Waals surface area (Å²) in [6, 6.07) is 0. The van der Waals surface area contributed by atoms with Crippen LogP contribution < -0.4 is 0 Å². The number of rotatable bonds is 1. The molecular formula is C3H4Cl2O2Pd. The summed E-state index contributed by atoms with van der Waals surface area (Å²) in [4.78, 5) is 9.86. The fourth-order valence-electron chi connectivity index (χ4n) is 0.125. The normalized spacial score (nSPS) is 8.00. The van der Waals surface area contributed by atoms with Gasteiger partial charge in [-0.3, -0.25) is 4.79 Å². The third-order valence-electron chi connectivity index (χ3n) is 0.255. The summed E-state index contributed by atoms with van der Waals surface area (Å²) in [7, 11) is 0. The van der Waals surface area contributed by atoms with Crippen molar-refractivity contribution in [2.75, 3.05) is 0 Å². The molecule has 0 heterocycles. The summed E-state index contributed by atoms with van der Waals surface area (Å²) >= 11 is 9.99. The SMILES string of the molecule is CC(=O)OC(Cl)Cl.[Pd]. The van der Waals surface area contributed by atoms with E-state index >= 15 is 0 Å². The van der Waals surface area contributed by atoms with E-state index in [-0.39, 0.29) is 20.4 Å². The molecule has 5 heteroatoms. The van der Waals surface area contributed by atoms with E-state index < -0.39 is 11.0 Å². The Labute approximate surface area is 71.1 Å². The summed E-state index contributed by atoms with van der Waals surface area (Å²) in [6.07, 6.45) is 0. The van der Waals surface area contributed by atoms with E-state index in [0.717, 1.165) is 0 Å². The van der Waals surface area contributed by atoms with Crippen molar-refractivity contribution < 1.29 is 30.0 Å². The number of halogens is 2. The second-order valence-corrected chi connectivity index (χ2v) is 1.89. The maximum Gasteiger partial charge on any atom is 0.305 e. The van der Waals surface area contributed by atoms with Crippen LogP contribution in [0.15, 0.2) is 0 Å². The number of carbonyl (C=O) groups is 1. The van der Waals surface area contributed by atoms with Gasteiger partial charge in [-0.2, -0.15) is 0 Å². The molecule has 0 N–H and O–H groups in total. The third-order valence-corrected chi connectivity index (χ3v) is 0.433. The smallest absolute Gasteiger partial charge is 0.305 e. The minimum Gasteiger partial charge on any atom is -0.432 e. The van der Waals surface area contributed by atoms with Crippen LogP contribution in [0.3, 0.4) is 0 Å². The molecule has 0 aromatic carbocycles. The maximum absolute atomic E-state index is 9.86. The van der Waals surface area contributed by atoms with Gasteiger partial charge in [0.05, 0.1) is 0 Å². The number of ether oxygens (including phenoxy) is 1. The molecule has 0 atom stereocenters. The Balaban J connectivity index is 0. The van der Waals surface area contributed by atoms with Gasteiger partial charge in [-0.05, 0) is 0 Å². The van der Waals surface area contributed by atoms with Crippen LogP contribution in [-0.2, 0) is 30.0 Å². The molecule has 52 valence electrons. The van der Waals surface area contributed by atoms with Gasteiger partial charge in [0.1, 0.15) is 0 Å². The summed E-state index contributed by atoms with van der Waals surface area (Å²) in [5, 5.41) is -1.03. The Kier molecular flexibility index (Phi) is 8.40. The largest absolute Gasteiger partial charge is 0.432 e. The molecule has 0 aliphatic carbocycles. The number of hydrogen-bond donors (Lipinski definition) is 0. The molecule has 8 heavy (non-hydrogen) atoms. The van der Waals surface area contributed by atoms with E-state index in [1.54, 1.807) is 0 Å². The van der Waals surface area contributed by atoms with Gasteiger partial charge in [-0.1, -0.05) is 23.2 Å². The summed E-state index contributed by atoms with van der Waals surface area (Å²) in [5.41, 5.74) is 0. The molecule has 0 aromatic heterocycles. The quantitative estimate of drug-likeness (QED) is 0.398. The maximum atomic E-state index is 9.86. The molecule has 0 aliphatic rings. The Morgan fingerprint density at radius 2 is 2.00 bits per heavy atom. The van der Waals surface area contributed by atoms with E-state index in [0.29, 0.717) is 0 Å². The van der Waals surface area contributed by atoms with E-state index in [1.165, 1.54) is 6.92 Å². The van der Waals surface area contributed by atoms with Crippen LogP contribution >= 0.6 is 23.2 Å². The molecule has 2 nitrogen and oxygen atoms in total. The minimum absolute atomic E-state index is 0. The number of alkyl halides is 2. The summed E-state index contributed by atoms with van der Waals surface area (Å²) in [5.74, 6) is -0.477. The van der Waals surface area contributed by atoms with E-state index in [2.05, 4.69) is 4.74 Å². The first-order valence-corrected chi connectivity index (χ1v) is 2.45. The van der Waals surface area contributed by atoms with Crippen LogP contribution in [0.4, 0.5) is 0 Å². The van der Waals surface area contributed by atoms with Gasteiger partial charge in [0.25, 0.3) is 5.02 Å².